The number of hydrogen-bond donors (Lipinski definition) is 1. The molecule has 0 bridgehead atoms. The summed E-state index contributed by atoms with van der Waals surface area (Å²) in [6, 6.07) is 9.83. The Morgan fingerprint density at radius 2 is 1.85 bits per heavy atom. The lowest BCUT2D eigenvalue weighted by Crippen LogP contribution is -2.26. The van der Waals surface area contributed by atoms with Crippen molar-refractivity contribution in [1.82, 2.24) is 19.8 Å². The van der Waals surface area contributed by atoms with Crippen LogP contribution in [0.2, 0.25) is 0 Å². The van der Waals surface area contributed by atoms with Crippen LogP contribution in [-0.2, 0) is 13.1 Å². The highest BCUT2D eigenvalue weighted by atomic mass is 32.1. The van der Waals surface area contributed by atoms with Crippen LogP contribution in [-0.4, -0.2) is 46.8 Å². The molecule has 0 atom stereocenters. The summed E-state index contributed by atoms with van der Waals surface area (Å²) in [4.78, 5) is 37.5. The number of nitrogens with one attached hydrogen (secondary N) is 1. The third-order valence-electron chi connectivity index (χ3n) is 4.12. The van der Waals surface area contributed by atoms with Gasteiger partial charge in [-0.3, -0.25) is 9.59 Å². The number of H-pyrrole nitrogens is 1. The van der Waals surface area contributed by atoms with Gasteiger partial charge in [-0.1, -0.05) is 30.3 Å². The first-order chi connectivity index (χ1) is 12.4. The molecule has 0 unspecified atom stereocenters. The van der Waals surface area contributed by atoms with Crippen LogP contribution in [0.15, 0.2) is 35.1 Å². The fraction of sp³-hybridized carbons (Fsp3) is 0.316. The van der Waals surface area contributed by atoms with E-state index in [1.807, 2.05) is 56.3 Å². The van der Waals surface area contributed by atoms with Gasteiger partial charge in [0.15, 0.2) is 0 Å². The van der Waals surface area contributed by atoms with E-state index in [0.717, 1.165) is 5.56 Å². The molecule has 7 heteroatoms. The Morgan fingerprint density at radius 1 is 1.15 bits per heavy atom. The minimum Gasteiger partial charge on any atom is -0.337 e. The summed E-state index contributed by atoms with van der Waals surface area (Å²) < 4.78 is 0. The molecular formula is C19H22N4O2S. The van der Waals surface area contributed by atoms with E-state index in [9.17, 15) is 9.59 Å². The fourth-order valence-corrected chi connectivity index (χ4v) is 4.06. The average Bonchev–Trinajstić information content (AvgIpc) is 2.91. The molecule has 2 aromatic heterocycles. The summed E-state index contributed by atoms with van der Waals surface area (Å²) in [6.45, 7) is 2.87. The number of aryl methyl sites for hydroxylation is 1. The lowest BCUT2D eigenvalue weighted by atomic mass is 10.2. The molecule has 3 rings (SSSR count). The number of rotatable bonds is 5. The molecule has 0 aliphatic rings. The van der Waals surface area contributed by atoms with Crippen molar-refractivity contribution in [2.24, 2.45) is 0 Å². The van der Waals surface area contributed by atoms with Gasteiger partial charge in [0.25, 0.3) is 11.5 Å². The summed E-state index contributed by atoms with van der Waals surface area (Å²) in [7, 11) is 5.60. The first kappa shape index (κ1) is 18.3. The summed E-state index contributed by atoms with van der Waals surface area (Å²) in [6.07, 6.45) is 0. The Balaban J connectivity index is 1.94. The SMILES string of the molecule is Cc1c(C(=O)N(C)Cc2ccccc2)sc2nc(CN(C)C)[nH]c(=O)c12. The maximum atomic E-state index is 12.9. The Kier molecular flexibility index (Phi) is 5.20. The van der Waals surface area contributed by atoms with Crippen molar-refractivity contribution >= 4 is 27.5 Å². The van der Waals surface area contributed by atoms with E-state index in [2.05, 4.69) is 9.97 Å². The maximum absolute atomic E-state index is 12.9. The smallest absolute Gasteiger partial charge is 0.264 e. The number of benzene rings is 1. The number of carbonyl (C=O) groups excluding carboxylic acids is 1. The quantitative estimate of drug-likeness (QED) is 0.750. The van der Waals surface area contributed by atoms with Crippen LogP contribution in [0.3, 0.4) is 0 Å². The molecule has 0 saturated heterocycles. The van der Waals surface area contributed by atoms with Crippen LogP contribution in [0.5, 0.6) is 0 Å². The van der Waals surface area contributed by atoms with Crippen molar-refractivity contribution in [3.63, 3.8) is 0 Å². The summed E-state index contributed by atoms with van der Waals surface area (Å²) >= 11 is 1.29. The van der Waals surface area contributed by atoms with Crippen molar-refractivity contribution in [3.8, 4) is 0 Å². The van der Waals surface area contributed by atoms with Crippen LogP contribution in [0.25, 0.3) is 10.2 Å². The molecule has 1 N–H and O–H groups in total. The standard InChI is InChI=1S/C19H22N4O2S/c1-12-15-17(24)20-14(11-22(2)3)21-18(15)26-16(12)19(25)23(4)10-13-8-6-5-7-9-13/h5-9H,10-11H2,1-4H3,(H,20,21,24). The van der Waals surface area contributed by atoms with Crippen LogP contribution in [0.1, 0.15) is 26.6 Å². The van der Waals surface area contributed by atoms with Gasteiger partial charge in [-0.2, -0.15) is 0 Å². The Bertz CT molecular complexity index is 992. The van der Waals surface area contributed by atoms with Gasteiger partial charge in [-0.15, -0.1) is 11.3 Å². The van der Waals surface area contributed by atoms with E-state index in [-0.39, 0.29) is 11.5 Å². The van der Waals surface area contributed by atoms with Crippen LogP contribution in [0, 0.1) is 6.92 Å². The first-order valence-electron chi connectivity index (χ1n) is 8.33. The van der Waals surface area contributed by atoms with Crippen molar-refractivity contribution in [2.75, 3.05) is 21.1 Å². The fourth-order valence-electron chi connectivity index (χ4n) is 2.87. The van der Waals surface area contributed by atoms with Crippen molar-refractivity contribution in [1.29, 1.82) is 0 Å². The lowest BCUT2D eigenvalue weighted by molar-refractivity contribution is 0.0789. The molecular weight excluding hydrogens is 348 g/mol. The third kappa shape index (κ3) is 3.68. The van der Waals surface area contributed by atoms with Crippen LogP contribution >= 0.6 is 11.3 Å². The highest BCUT2D eigenvalue weighted by Crippen LogP contribution is 2.28. The van der Waals surface area contributed by atoms with E-state index < -0.39 is 0 Å². The van der Waals surface area contributed by atoms with Gasteiger partial charge in [-0.25, -0.2) is 4.98 Å². The highest BCUT2D eigenvalue weighted by Gasteiger charge is 2.22. The predicted octanol–water partition coefficient (Wildman–Crippen LogP) is 2.63. The normalized spacial score (nSPS) is 11.3. The largest absolute Gasteiger partial charge is 0.337 e. The Labute approximate surface area is 156 Å². The van der Waals surface area contributed by atoms with Gasteiger partial charge in [0.05, 0.1) is 16.8 Å². The lowest BCUT2D eigenvalue weighted by Gasteiger charge is -2.16. The summed E-state index contributed by atoms with van der Waals surface area (Å²) in [5.74, 6) is 0.508. The second-order valence-electron chi connectivity index (χ2n) is 6.63. The van der Waals surface area contributed by atoms with E-state index in [4.69, 9.17) is 0 Å². The number of carbonyl (C=O) groups is 1. The number of nitrogens with zero attached hydrogens (tertiary/aromatic N) is 3. The molecule has 0 spiro atoms. The third-order valence-corrected chi connectivity index (χ3v) is 5.29. The zero-order valence-corrected chi connectivity index (χ0v) is 16.2. The van der Waals surface area contributed by atoms with Gasteiger partial charge in [0, 0.05) is 13.6 Å². The molecule has 3 aromatic rings. The van der Waals surface area contributed by atoms with Crippen molar-refractivity contribution in [2.45, 2.75) is 20.0 Å². The second-order valence-corrected chi connectivity index (χ2v) is 7.63. The minimum absolute atomic E-state index is 0.0945. The molecule has 26 heavy (non-hydrogen) atoms. The van der Waals surface area contributed by atoms with Crippen molar-refractivity contribution in [3.05, 3.63) is 62.5 Å². The van der Waals surface area contributed by atoms with Crippen molar-refractivity contribution < 1.29 is 4.79 Å². The Morgan fingerprint density at radius 3 is 2.50 bits per heavy atom. The molecule has 2 heterocycles. The Hall–Kier alpha value is -2.51. The number of aromatic amines is 1. The van der Waals surface area contributed by atoms with E-state index >= 15 is 0 Å². The average molecular weight is 370 g/mol. The highest BCUT2D eigenvalue weighted by molar-refractivity contribution is 7.20. The molecule has 0 aliphatic carbocycles. The van der Waals surface area contributed by atoms with E-state index in [1.165, 1.54) is 11.3 Å². The maximum Gasteiger partial charge on any atom is 0.264 e. The van der Waals surface area contributed by atoms with Gasteiger partial charge in [0.2, 0.25) is 0 Å². The summed E-state index contributed by atoms with van der Waals surface area (Å²) in [5.41, 5.74) is 1.57. The molecule has 1 aromatic carbocycles. The van der Waals surface area contributed by atoms with Gasteiger partial charge in [-0.05, 0) is 32.1 Å². The zero-order valence-electron chi connectivity index (χ0n) is 15.4. The summed E-state index contributed by atoms with van der Waals surface area (Å²) in [5, 5.41) is 0.508. The van der Waals surface area contributed by atoms with Gasteiger partial charge in [0.1, 0.15) is 10.7 Å². The predicted molar refractivity (Wildman–Crippen MR) is 105 cm³/mol. The molecule has 0 fully saturated rings. The molecule has 6 nitrogen and oxygen atoms in total. The van der Waals surface area contributed by atoms with Crippen LogP contribution < -0.4 is 5.56 Å². The molecule has 0 radical (unpaired) electrons. The topological polar surface area (TPSA) is 69.3 Å². The van der Waals surface area contributed by atoms with Gasteiger partial charge >= 0.3 is 0 Å². The number of hydrogen-bond acceptors (Lipinski definition) is 5. The number of amides is 1. The monoisotopic (exact) mass is 370 g/mol. The molecule has 1 amide bonds. The molecule has 0 aliphatic heterocycles. The number of aromatic nitrogens is 2. The van der Waals surface area contributed by atoms with Crippen LogP contribution in [0.4, 0.5) is 0 Å². The first-order valence-corrected chi connectivity index (χ1v) is 9.15. The van der Waals surface area contributed by atoms with E-state index in [0.29, 0.717) is 39.6 Å². The zero-order chi connectivity index (χ0) is 18.8. The van der Waals surface area contributed by atoms with E-state index in [1.54, 1.807) is 11.9 Å². The molecule has 0 saturated carbocycles. The number of thiophene rings is 1. The minimum atomic E-state index is -0.189. The second kappa shape index (κ2) is 7.39. The number of fused-ring (bicyclic) bond motifs is 1. The molecule has 136 valence electrons. The van der Waals surface area contributed by atoms with Gasteiger partial charge < -0.3 is 14.8 Å².